The molecule has 1 aromatic heterocycles. The van der Waals surface area contributed by atoms with E-state index in [1.54, 1.807) is 6.07 Å². The molecule has 1 heterocycles. The lowest BCUT2D eigenvalue weighted by molar-refractivity contribution is -0.137. The van der Waals surface area contributed by atoms with Gasteiger partial charge in [-0.3, -0.25) is 4.79 Å². The van der Waals surface area contributed by atoms with E-state index in [9.17, 15) is 9.18 Å². The Morgan fingerprint density at radius 3 is 2.82 bits per heavy atom. The van der Waals surface area contributed by atoms with Gasteiger partial charge >= 0.3 is 5.97 Å². The number of halogens is 1. The predicted octanol–water partition coefficient (Wildman–Crippen LogP) is 5.41. The van der Waals surface area contributed by atoms with Gasteiger partial charge in [0.2, 0.25) is 0 Å². The number of hydrogen-bond donors (Lipinski definition) is 1. The third-order valence-electron chi connectivity index (χ3n) is 5.49. The predicted molar refractivity (Wildman–Crippen MR) is 106 cm³/mol. The van der Waals surface area contributed by atoms with Crippen LogP contribution in [0.2, 0.25) is 0 Å². The van der Waals surface area contributed by atoms with Crippen molar-refractivity contribution in [2.75, 3.05) is 0 Å². The number of ether oxygens (including phenoxy) is 1. The van der Waals surface area contributed by atoms with Gasteiger partial charge in [-0.2, -0.15) is 0 Å². The smallest absolute Gasteiger partial charge is 0.303 e. The minimum absolute atomic E-state index is 0.118. The number of rotatable bonds is 8. The van der Waals surface area contributed by atoms with Crippen molar-refractivity contribution in [3.05, 3.63) is 53.5 Å². The number of nitrogens with zero attached hydrogens (tertiary/aromatic N) is 1. The molecule has 0 bridgehead atoms. The summed E-state index contributed by atoms with van der Waals surface area (Å²) >= 11 is 1.82. The second-order valence-electron chi connectivity index (χ2n) is 7.67. The molecule has 2 atom stereocenters. The monoisotopic (exact) mass is 401 g/mol. The molecule has 6 heteroatoms. The van der Waals surface area contributed by atoms with Crippen molar-refractivity contribution < 1.29 is 19.0 Å². The van der Waals surface area contributed by atoms with Crippen LogP contribution in [0.25, 0.3) is 0 Å². The quantitative estimate of drug-likeness (QED) is 0.641. The van der Waals surface area contributed by atoms with Crippen LogP contribution in [0, 0.1) is 11.7 Å². The van der Waals surface area contributed by atoms with Gasteiger partial charge in [-0.1, -0.05) is 25.0 Å². The fourth-order valence-electron chi connectivity index (χ4n) is 3.90. The maximum Gasteiger partial charge on any atom is 0.303 e. The Morgan fingerprint density at radius 2 is 2.07 bits per heavy atom. The Kier molecular flexibility index (Phi) is 5.85. The molecule has 0 amide bonds. The van der Waals surface area contributed by atoms with Crippen LogP contribution in [0.4, 0.5) is 4.39 Å². The fourth-order valence-corrected chi connectivity index (χ4v) is 5.14. The summed E-state index contributed by atoms with van der Waals surface area (Å²) in [5, 5.41) is 10.5. The summed E-state index contributed by atoms with van der Waals surface area (Å²) in [7, 11) is 0. The first kappa shape index (κ1) is 19.2. The number of thioether (sulfide) groups is 1. The normalized spacial score (nSPS) is 21.6. The van der Waals surface area contributed by atoms with Crippen LogP contribution in [0.1, 0.15) is 55.7 Å². The second-order valence-corrected chi connectivity index (χ2v) is 8.99. The molecule has 2 unspecified atom stereocenters. The van der Waals surface area contributed by atoms with E-state index in [1.165, 1.54) is 31.7 Å². The molecule has 0 saturated heterocycles. The van der Waals surface area contributed by atoms with Crippen molar-refractivity contribution in [1.82, 2.24) is 4.98 Å². The summed E-state index contributed by atoms with van der Waals surface area (Å²) < 4.78 is 20.1. The highest BCUT2D eigenvalue weighted by Gasteiger charge is 2.39. The number of carbonyl (C=O) groups is 1. The summed E-state index contributed by atoms with van der Waals surface area (Å²) in [5.41, 5.74) is 1.64. The van der Waals surface area contributed by atoms with Gasteiger partial charge < -0.3 is 9.84 Å². The third kappa shape index (κ3) is 4.85. The summed E-state index contributed by atoms with van der Waals surface area (Å²) in [6, 6.07) is 10.8. The maximum atomic E-state index is 14.4. The summed E-state index contributed by atoms with van der Waals surface area (Å²) in [4.78, 5) is 15.4. The van der Waals surface area contributed by atoms with Gasteiger partial charge in [0.15, 0.2) is 11.6 Å². The Morgan fingerprint density at radius 1 is 1.25 bits per heavy atom. The first-order chi connectivity index (χ1) is 13.6. The lowest BCUT2D eigenvalue weighted by atomic mass is 10.1. The molecule has 2 aliphatic carbocycles. The molecule has 2 aliphatic rings. The molecule has 0 aliphatic heterocycles. The number of carboxylic acid groups (broad SMARTS) is 1. The molecular formula is C22H24FNO3S. The van der Waals surface area contributed by atoms with Gasteiger partial charge in [0.1, 0.15) is 6.61 Å². The second kappa shape index (κ2) is 8.52. The Labute approximate surface area is 168 Å². The van der Waals surface area contributed by atoms with Crippen molar-refractivity contribution in [3.8, 4) is 5.75 Å². The van der Waals surface area contributed by atoms with Crippen LogP contribution in [-0.2, 0) is 11.4 Å². The lowest BCUT2D eigenvalue weighted by Crippen LogP contribution is -2.02. The maximum absolute atomic E-state index is 14.4. The molecule has 0 spiro atoms. The zero-order valence-corrected chi connectivity index (χ0v) is 16.5. The highest BCUT2D eigenvalue weighted by Crippen LogP contribution is 2.50. The van der Waals surface area contributed by atoms with Gasteiger partial charge in [-0.25, -0.2) is 9.37 Å². The lowest BCUT2D eigenvalue weighted by Gasteiger charge is -2.11. The molecule has 1 N–H and O–H groups in total. The Balaban J connectivity index is 1.34. The number of hydrogen-bond acceptors (Lipinski definition) is 4. The van der Waals surface area contributed by atoms with Crippen LogP contribution >= 0.6 is 11.8 Å². The van der Waals surface area contributed by atoms with Crippen molar-refractivity contribution in [1.29, 1.82) is 0 Å². The van der Waals surface area contributed by atoms with E-state index in [0.717, 1.165) is 22.7 Å². The molecule has 4 nitrogen and oxygen atoms in total. The zero-order valence-electron chi connectivity index (χ0n) is 15.6. The average Bonchev–Trinajstić information content (AvgIpc) is 3.22. The number of pyridine rings is 1. The number of benzene rings is 1. The van der Waals surface area contributed by atoms with E-state index in [0.29, 0.717) is 5.25 Å². The van der Waals surface area contributed by atoms with Crippen LogP contribution in [0.5, 0.6) is 5.75 Å². The van der Waals surface area contributed by atoms with Gasteiger partial charge in [0.05, 0.1) is 10.7 Å². The van der Waals surface area contributed by atoms with E-state index in [-0.39, 0.29) is 30.6 Å². The topological polar surface area (TPSA) is 59.4 Å². The van der Waals surface area contributed by atoms with Gasteiger partial charge in [-0.05, 0) is 60.9 Å². The standard InChI is InChI=1S/C22H24FNO3S/c23-19-11-14(18-10-15(18)12-22(25)26)8-9-20(19)27-13-16-4-3-7-21(24-16)28-17-5-1-2-6-17/h3-4,7-9,11,15,17-18H,1-2,5-6,10,12-13H2,(H,25,26). The highest BCUT2D eigenvalue weighted by atomic mass is 32.2. The molecule has 148 valence electrons. The molecule has 2 fully saturated rings. The third-order valence-corrected chi connectivity index (χ3v) is 6.76. The average molecular weight is 402 g/mol. The van der Waals surface area contributed by atoms with E-state index in [2.05, 4.69) is 4.98 Å². The molecule has 2 saturated carbocycles. The van der Waals surface area contributed by atoms with Crippen LogP contribution in [0.15, 0.2) is 41.4 Å². The van der Waals surface area contributed by atoms with Crippen molar-refractivity contribution >= 4 is 17.7 Å². The van der Waals surface area contributed by atoms with Crippen molar-refractivity contribution in [3.63, 3.8) is 0 Å². The summed E-state index contributed by atoms with van der Waals surface area (Å²) in [5.74, 6) is -0.739. The van der Waals surface area contributed by atoms with E-state index < -0.39 is 11.8 Å². The van der Waals surface area contributed by atoms with Gasteiger partial charge in [0, 0.05) is 11.7 Å². The molecular weight excluding hydrogens is 377 g/mol. The first-order valence-corrected chi connectivity index (χ1v) is 10.7. The highest BCUT2D eigenvalue weighted by molar-refractivity contribution is 7.99. The zero-order chi connectivity index (χ0) is 19.5. The molecule has 2 aromatic rings. The van der Waals surface area contributed by atoms with Crippen LogP contribution < -0.4 is 4.74 Å². The number of aliphatic carboxylic acids is 1. The summed E-state index contributed by atoms with van der Waals surface area (Å²) in [6.07, 6.45) is 6.05. The largest absolute Gasteiger partial charge is 0.484 e. The Hall–Kier alpha value is -2.08. The minimum atomic E-state index is -0.797. The van der Waals surface area contributed by atoms with Gasteiger partial charge in [-0.15, -0.1) is 11.8 Å². The van der Waals surface area contributed by atoms with Crippen molar-refractivity contribution in [2.45, 2.75) is 61.3 Å². The van der Waals surface area contributed by atoms with Crippen LogP contribution in [-0.4, -0.2) is 21.3 Å². The van der Waals surface area contributed by atoms with E-state index in [4.69, 9.17) is 9.84 Å². The molecule has 0 radical (unpaired) electrons. The fraction of sp³-hybridized carbons (Fsp3) is 0.455. The first-order valence-electron chi connectivity index (χ1n) is 9.85. The van der Waals surface area contributed by atoms with Crippen LogP contribution in [0.3, 0.4) is 0 Å². The molecule has 4 rings (SSSR count). The number of aromatic nitrogens is 1. The summed E-state index contributed by atoms with van der Waals surface area (Å²) in [6.45, 7) is 0.223. The van der Waals surface area contributed by atoms with Gasteiger partial charge in [0.25, 0.3) is 0 Å². The van der Waals surface area contributed by atoms with E-state index >= 15 is 0 Å². The van der Waals surface area contributed by atoms with Crippen molar-refractivity contribution in [2.24, 2.45) is 5.92 Å². The van der Waals surface area contributed by atoms with E-state index in [1.807, 2.05) is 36.0 Å². The SMILES string of the molecule is O=C(O)CC1CC1c1ccc(OCc2cccc(SC3CCCC3)n2)c(F)c1. The number of carboxylic acids is 1. The minimum Gasteiger partial charge on any atom is -0.484 e. The Bertz CT molecular complexity index is 853. The molecule has 1 aromatic carbocycles. The molecule has 28 heavy (non-hydrogen) atoms.